The maximum atomic E-state index is 12.3. The number of nitrogens with zero attached hydrogens (tertiary/aromatic N) is 1. The summed E-state index contributed by atoms with van der Waals surface area (Å²) in [5.41, 5.74) is 1.38. The monoisotopic (exact) mass is 282 g/mol. The van der Waals surface area contributed by atoms with Crippen LogP contribution in [0.25, 0.3) is 0 Å². The van der Waals surface area contributed by atoms with E-state index in [1.54, 1.807) is 6.07 Å². The molecule has 0 spiro atoms. The van der Waals surface area contributed by atoms with Gasteiger partial charge >= 0.3 is 0 Å². The van der Waals surface area contributed by atoms with Crippen LogP contribution in [-0.4, -0.2) is 12.2 Å². The standard InChI is InChI=1S/C16H14N2OS/c1-20-15-10-6-5-9-13(15)16(19)18-14(11-17)12-7-3-2-4-8-12/h2-10,14H,1H3,(H,18,19). The fourth-order valence-corrected chi connectivity index (χ4v) is 2.47. The first-order valence-corrected chi connectivity index (χ1v) is 7.37. The summed E-state index contributed by atoms with van der Waals surface area (Å²) >= 11 is 1.51. The van der Waals surface area contributed by atoms with E-state index < -0.39 is 6.04 Å². The topological polar surface area (TPSA) is 52.9 Å². The molecule has 100 valence electrons. The highest BCUT2D eigenvalue weighted by Crippen LogP contribution is 2.21. The van der Waals surface area contributed by atoms with Gasteiger partial charge in [0.2, 0.25) is 0 Å². The summed E-state index contributed by atoms with van der Waals surface area (Å²) < 4.78 is 0. The maximum Gasteiger partial charge on any atom is 0.253 e. The second-order valence-electron chi connectivity index (χ2n) is 4.15. The van der Waals surface area contributed by atoms with Crippen LogP contribution in [0.1, 0.15) is 22.0 Å². The Balaban J connectivity index is 2.20. The van der Waals surface area contributed by atoms with Crippen LogP contribution in [0.4, 0.5) is 0 Å². The second-order valence-corrected chi connectivity index (χ2v) is 4.99. The van der Waals surface area contributed by atoms with Crippen LogP contribution in [-0.2, 0) is 0 Å². The molecule has 0 saturated carbocycles. The molecule has 0 aliphatic rings. The van der Waals surface area contributed by atoms with Crippen LogP contribution in [0.2, 0.25) is 0 Å². The Morgan fingerprint density at radius 1 is 1.15 bits per heavy atom. The zero-order chi connectivity index (χ0) is 14.4. The van der Waals surface area contributed by atoms with Gasteiger partial charge in [0.25, 0.3) is 5.91 Å². The Kier molecular flexibility index (Phi) is 4.80. The van der Waals surface area contributed by atoms with Gasteiger partial charge in [-0.15, -0.1) is 11.8 Å². The number of thioether (sulfide) groups is 1. The molecule has 3 nitrogen and oxygen atoms in total. The Morgan fingerprint density at radius 2 is 1.80 bits per heavy atom. The van der Waals surface area contributed by atoms with Crippen LogP contribution in [0.5, 0.6) is 0 Å². The fraction of sp³-hybridized carbons (Fsp3) is 0.125. The summed E-state index contributed by atoms with van der Waals surface area (Å²) in [4.78, 5) is 13.2. The first-order valence-electron chi connectivity index (χ1n) is 6.14. The Morgan fingerprint density at radius 3 is 2.45 bits per heavy atom. The van der Waals surface area contributed by atoms with Gasteiger partial charge < -0.3 is 5.32 Å². The van der Waals surface area contributed by atoms with Gasteiger partial charge in [-0.2, -0.15) is 5.26 Å². The largest absolute Gasteiger partial charge is 0.332 e. The third kappa shape index (κ3) is 3.19. The fourth-order valence-electron chi connectivity index (χ4n) is 1.88. The molecule has 2 aromatic carbocycles. The van der Waals surface area contributed by atoms with Gasteiger partial charge in [0, 0.05) is 4.90 Å². The molecule has 20 heavy (non-hydrogen) atoms. The molecule has 2 aromatic rings. The second kappa shape index (κ2) is 6.78. The third-order valence-corrected chi connectivity index (χ3v) is 3.68. The van der Waals surface area contributed by atoms with E-state index in [2.05, 4.69) is 11.4 Å². The molecule has 2 rings (SSSR count). The van der Waals surface area contributed by atoms with Crippen LogP contribution >= 0.6 is 11.8 Å². The highest BCUT2D eigenvalue weighted by Gasteiger charge is 2.16. The lowest BCUT2D eigenvalue weighted by Gasteiger charge is -2.13. The number of amides is 1. The molecule has 1 N–H and O–H groups in total. The quantitative estimate of drug-likeness (QED) is 0.874. The van der Waals surface area contributed by atoms with Crippen LogP contribution < -0.4 is 5.32 Å². The van der Waals surface area contributed by atoms with E-state index in [0.717, 1.165) is 10.5 Å². The summed E-state index contributed by atoms with van der Waals surface area (Å²) in [7, 11) is 0. The zero-order valence-corrected chi connectivity index (χ0v) is 11.9. The number of carbonyl (C=O) groups is 1. The maximum absolute atomic E-state index is 12.3. The smallest absolute Gasteiger partial charge is 0.253 e. The number of nitrogens with one attached hydrogen (secondary N) is 1. The van der Waals surface area contributed by atoms with Crippen molar-refractivity contribution in [2.24, 2.45) is 0 Å². The van der Waals surface area contributed by atoms with Crippen LogP contribution in [0.3, 0.4) is 0 Å². The van der Waals surface area contributed by atoms with E-state index in [0.29, 0.717) is 5.56 Å². The summed E-state index contributed by atoms with van der Waals surface area (Å²) in [6.07, 6.45) is 1.92. The summed E-state index contributed by atoms with van der Waals surface area (Å²) in [6, 6.07) is 18.1. The SMILES string of the molecule is CSc1ccccc1C(=O)NC(C#N)c1ccccc1. The molecule has 1 amide bonds. The number of carbonyl (C=O) groups excluding carboxylic acids is 1. The molecule has 0 aliphatic carbocycles. The molecular weight excluding hydrogens is 268 g/mol. The van der Waals surface area contributed by atoms with Crippen molar-refractivity contribution in [2.45, 2.75) is 10.9 Å². The number of hydrogen-bond acceptors (Lipinski definition) is 3. The van der Waals surface area contributed by atoms with Crippen molar-refractivity contribution in [3.05, 3.63) is 65.7 Å². The molecule has 0 saturated heterocycles. The van der Waals surface area contributed by atoms with E-state index in [4.69, 9.17) is 0 Å². The number of hydrogen-bond donors (Lipinski definition) is 1. The Labute approximate surface area is 122 Å². The van der Waals surface area contributed by atoms with Crippen molar-refractivity contribution in [2.75, 3.05) is 6.26 Å². The van der Waals surface area contributed by atoms with Crippen molar-refractivity contribution >= 4 is 17.7 Å². The molecule has 1 unspecified atom stereocenters. The van der Waals surface area contributed by atoms with Crippen molar-refractivity contribution in [1.82, 2.24) is 5.32 Å². The number of nitriles is 1. The molecule has 0 aliphatic heterocycles. The number of rotatable bonds is 4. The first-order chi connectivity index (χ1) is 9.76. The average molecular weight is 282 g/mol. The van der Waals surface area contributed by atoms with Crippen LogP contribution in [0, 0.1) is 11.3 Å². The summed E-state index contributed by atoms with van der Waals surface area (Å²) in [5.74, 6) is -0.231. The van der Waals surface area contributed by atoms with Gasteiger partial charge in [-0.3, -0.25) is 4.79 Å². The molecule has 0 fully saturated rings. The van der Waals surface area contributed by atoms with E-state index in [9.17, 15) is 10.1 Å². The Hall–Kier alpha value is -2.25. The number of benzene rings is 2. The van der Waals surface area contributed by atoms with Crippen molar-refractivity contribution in [3.8, 4) is 6.07 Å². The van der Waals surface area contributed by atoms with Crippen molar-refractivity contribution < 1.29 is 4.79 Å². The lowest BCUT2D eigenvalue weighted by molar-refractivity contribution is 0.0942. The molecule has 0 heterocycles. The van der Waals surface area contributed by atoms with Crippen LogP contribution in [0.15, 0.2) is 59.5 Å². The molecule has 0 bridgehead atoms. The lowest BCUT2D eigenvalue weighted by atomic mass is 10.1. The van der Waals surface area contributed by atoms with E-state index in [1.807, 2.05) is 54.8 Å². The first kappa shape index (κ1) is 14.2. The molecular formula is C16H14N2OS. The van der Waals surface area contributed by atoms with Crippen molar-refractivity contribution in [1.29, 1.82) is 5.26 Å². The molecule has 1 atom stereocenters. The summed E-state index contributed by atoms with van der Waals surface area (Å²) in [5, 5.41) is 12.0. The van der Waals surface area contributed by atoms with Gasteiger partial charge in [-0.25, -0.2) is 0 Å². The van der Waals surface area contributed by atoms with E-state index in [-0.39, 0.29) is 5.91 Å². The van der Waals surface area contributed by atoms with Crippen molar-refractivity contribution in [3.63, 3.8) is 0 Å². The molecule has 4 heteroatoms. The Bertz CT molecular complexity index is 634. The average Bonchev–Trinajstić information content (AvgIpc) is 2.53. The van der Waals surface area contributed by atoms with Gasteiger partial charge in [0.05, 0.1) is 11.6 Å². The minimum atomic E-state index is -0.640. The summed E-state index contributed by atoms with van der Waals surface area (Å²) in [6.45, 7) is 0. The zero-order valence-electron chi connectivity index (χ0n) is 11.0. The van der Waals surface area contributed by atoms with Gasteiger partial charge in [-0.1, -0.05) is 42.5 Å². The van der Waals surface area contributed by atoms with Gasteiger partial charge in [0.15, 0.2) is 0 Å². The van der Waals surface area contributed by atoms with E-state index in [1.165, 1.54) is 11.8 Å². The van der Waals surface area contributed by atoms with Gasteiger partial charge in [0.1, 0.15) is 6.04 Å². The highest BCUT2D eigenvalue weighted by molar-refractivity contribution is 7.98. The highest BCUT2D eigenvalue weighted by atomic mass is 32.2. The lowest BCUT2D eigenvalue weighted by Crippen LogP contribution is -2.28. The predicted octanol–water partition coefficient (Wildman–Crippen LogP) is 3.40. The third-order valence-electron chi connectivity index (χ3n) is 2.89. The minimum absolute atomic E-state index is 0.231. The van der Waals surface area contributed by atoms with E-state index >= 15 is 0 Å². The minimum Gasteiger partial charge on any atom is -0.332 e. The molecule has 0 aromatic heterocycles. The molecule has 0 radical (unpaired) electrons. The normalized spacial score (nSPS) is 11.4. The van der Waals surface area contributed by atoms with Gasteiger partial charge in [-0.05, 0) is 24.0 Å². The predicted molar refractivity (Wildman–Crippen MR) is 80.5 cm³/mol.